The highest BCUT2D eigenvalue weighted by molar-refractivity contribution is 9.10. The molecule has 21 heavy (non-hydrogen) atoms. The van der Waals surface area contributed by atoms with E-state index in [9.17, 15) is 4.79 Å². The van der Waals surface area contributed by atoms with Gasteiger partial charge in [-0.2, -0.15) is 0 Å². The number of ether oxygens (including phenoxy) is 1. The van der Waals surface area contributed by atoms with Gasteiger partial charge in [0.1, 0.15) is 12.4 Å². The minimum Gasteiger partial charge on any atom is -0.487 e. The Hall–Kier alpha value is -2.20. The summed E-state index contributed by atoms with van der Waals surface area (Å²) in [7, 11) is 0. The van der Waals surface area contributed by atoms with E-state index in [1.54, 1.807) is 12.3 Å². The SMILES string of the molecule is O=Cc1cccc(Br)c1OCc1ccc2ncccc2c1. The molecule has 2 aromatic carbocycles. The van der Waals surface area contributed by atoms with E-state index < -0.39 is 0 Å². The zero-order chi connectivity index (χ0) is 14.7. The van der Waals surface area contributed by atoms with Crippen LogP contribution in [-0.2, 0) is 6.61 Å². The van der Waals surface area contributed by atoms with Crippen molar-refractivity contribution in [2.75, 3.05) is 0 Å². The van der Waals surface area contributed by atoms with E-state index in [4.69, 9.17) is 4.74 Å². The molecule has 3 rings (SSSR count). The summed E-state index contributed by atoms with van der Waals surface area (Å²) in [4.78, 5) is 15.3. The van der Waals surface area contributed by atoms with Gasteiger partial charge in [0, 0.05) is 11.6 Å². The lowest BCUT2D eigenvalue weighted by Crippen LogP contribution is -1.99. The lowest BCUT2D eigenvalue weighted by Gasteiger charge is -2.10. The van der Waals surface area contributed by atoms with E-state index in [-0.39, 0.29) is 0 Å². The van der Waals surface area contributed by atoms with Crippen molar-refractivity contribution in [2.45, 2.75) is 6.61 Å². The Balaban J connectivity index is 1.85. The van der Waals surface area contributed by atoms with E-state index in [1.165, 1.54) is 0 Å². The van der Waals surface area contributed by atoms with Crippen molar-refractivity contribution in [3.05, 3.63) is 70.3 Å². The first kappa shape index (κ1) is 13.8. The molecule has 0 bridgehead atoms. The van der Waals surface area contributed by atoms with Crippen LogP contribution in [0.1, 0.15) is 15.9 Å². The summed E-state index contributed by atoms with van der Waals surface area (Å²) in [6.45, 7) is 0.397. The molecule has 0 aliphatic rings. The normalized spacial score (nSPS) is 10.5. The topological polar surface area (TPSA) is 39.2 Å². The molecule has 0 spiro atoms. The molecule has 0 fully saturated rings. The van der Waals surface area contributed by atoms with Gasteiger partial charge in [0.15, 0.2) is 6.29 Å². The van der Waals surface area contributed by atoms with Gasteiger partial charge in [0.2, 0.25) is 0 Å². The number of benzene rings is 2. The van der Waals surface area contributed by atoms with Crippen LogP contribution >= 0.6 is 15.9 Å². The number of hydrogen-bond acceptors (Lipinski definition) is 3. The summed E-state index contributed by atoms with van der Waals surface area (Å²) in [6, 6.07) is 15.3. The summed E-state index contributed by atoms with van der Waals surface area (Å²) in [5, 5.41) is 1.07. The number of pyridine rings is 1. The fourth-order valence-corrected chi connectivity index (χ4v) is 2.64. The molecule has 0 saturated carbocycles. The maximum Gasteiger partial charge on any atom is 0.153 e. The molecule has 0 unspecified atom stereocenters. The summed E-state index contributed by atoms with van der Waals surface area (Å²) in [5.74, 6) is 0.568. The number of carbonyl (C=O) groups is 1. The first-order valence-electron chi connectivity index (χ1n) is 6.48. The van der Waals surface area contributed by atoms with E-state index in [1.807, 2.05) is 42.5 Å². The van der Waals surface area contributed by atoms with Crippen LogP contribution in [0.25, 0.3) is 10.9 Å². The molecule has 0 aliphatic carbocycles. The number of nitrogens with zero attached hydrogens (tertiary/aromatic N) is 1. The van der Waals surface area contributed by atoms with E-state index in [0.717, 1.165) is 27.2 Å². The number of rotatable bonds is 4. The monoisotopic (exact) mass is 341 g/mol. The first-order valence-corrected chi connectivity index (χ1v) is 7.27. The third-order valence-corrected chi connectivity index (χ3v) is 3.80. The molecular formula is C17H12BrNO2. The van der Waals surface area contributed by atoms with Crippen molar-refractivity contribution in [2.24, 2.45) is 0 Å². The van der Waals surface area contributed by atoms with Gasteiger partial charge in [0.05, 0.1) is 15.6 Å². The molecule has 3 aromatic rings. The van der Waals surface area contributed by atoms with Crippen LogP contribution in [0.3, 0.4) is 0 Å². The number of aromatic nitrogens is 1. The highest BCUT2D eigenvalue weighted by atomic mass is 79.9. The molecule has 0 N–H and O–H groups in total. The van der Waals surface area contributed by atoms with Gasteiger partial charge in [-0.1, -0.05) is 18.2 Å². The molecular weight excluding hydrogens is 330 g/mol. The van der Waals surface area contributed by atoms with E-state index in [2.05, 4.69) is 20.9 Å². The average Bonchev–Trinajstić information content (AvgIpc) is 2.53. The predicted octanol–water partition coefficient (Wildman–Crippen LogP) is 4.39. The number of fused-ring (bicyclic) bond motifs is 1. The minimum absolute atomic E-state index is 0.397. The Morgan fingerprint density at radius 3 is 2.90 bits per heavy atom. The van der Waals surface area contributed by atoms with E-state index in [0.29, 0.717) is 17.9 Å². The minimum atomic E-state index is 0.397. The van der Waals surface area contributed by atoms with Gasteiger partial charge in [-0.15, -0.1) is 0 Å². The summed E-state index contributed by atoms with van der Waals surface area (Å²) >= 11 is 3.41. The van der Waals surface area contributed by atoms with Crippen molar-refractivity contribution < 1.29 is 9.53 Å². The maximum absolute atomic E-state index is 11.1. The van der Waals surface area contributed by atoms with Gasteiger partial charge >= 0.3 is 0 Å². The van der Waals surface area contributed by atoms with Gasteiger partial charge in [-0.25, -0.2) is 0 Å². The fourth-order valence-electron chi connectivity index (χ4n) is 2.14. The van der Waals surface area contributed by atoms with Crippen LogP contribution in [0.2, 0.25) is 0 Å². The number of hydrogen-bond donors (Lipinski definition) is 0. The van der Waals surface area contributed by atoms with Crippen LogP contribution in [0.15, 0.2) is 59.2 Å². The summed E-state index contributed by atoms with van der Waals surface area (Å²) in [6.07, 6.45) is 2.57. The quantitative estimate of drug-likeness (QED) is 0.660. The number of para-hydroxylation sites is 1. The van der Waals surface area contributed by atoms with Gasteiger partial charge in [-0.05, 0) is 51.8 Å². The smallest absolute Gasteiger partial charge is 0.153 e. The Kier molecular flexibility index (Phi) is 3.97. The average molecular weight is 342 g/mol. The van der Waals surface area contributed by atoms with Crippen LogP contribution in [0.4, 0.5) is 0 Å². The highest BCUT2D eigenvalue weighted by Crippen LogP contribution is 2.29. The summed E-state index contributed by atoms with van der Waals surface area (Å²) < 4.78 is 6.57. The molecule has 3 nitrogen and oxygen atoms in total. The molecule has 0 aliphatic heterocycles. The van der Waals surface area contributed by atoms with Gasteiger partial charge in [-0.3, -0.25) is 9.78 Å². The van der Waals surface area contributed by atoms with Gasteiger partial charge in [0.25, 0.3) is 0 Å². The Bertz CT molecular complexity index is 802. The van der Waals surface area contributed by atoms with Crippen LogP contribution < -0.4 is 4.74 Å². The van der Waals surface area contributed by atoms with Crippen molar-refractivity contribution in [1.29, 1.82) is 0 Å². The van der Waals surface area contributed by atoms with Crippen molar-refractivity contribution in [3.8, 4) is 5.75 Å². The zero-order valence-electron chi connectivity index (χ0n) is 11.1. The van der Waals surface area contributed by atoms with E-state index >= 15 is 0 Å². The largest absolute Gasteiger partial charge is 0.487 e. The summed E-state index contributed by atoms with van der Waals surface area (Å²) in [5.41, 5.74) is 2.52. The molecule has 0 radical (unpaired) electrons. The third-order valence-electron chi connectivity index (χ3n) is 3.17. The predicted molar refractivity (Wildman–Crippen MR) is 85.6 cm³/mol. The molecule has 4 heteroatoms. The second-order valence-electron chi connectivity index (χ2n) is 4.60. The maximum atomic E-state index is 11.1. The molecule has 0 amide bonds. The van der Waals surface area contributed by atoms with Crippen LogP contribution in [0.5, 0.6) is 5.75 Å². The van der Waals surface area contributed by atoms with Gasteiger partial charge < -0.3 is 4.74 Å². The lowest BCUT2D eigenvalue weighted by molar-refractivity contribution is 0.111. The standard InChI is InChI=1S/C17H12BrNO2/c18-15-5-1-3-14(10-20)17(15)21-11-12-6-7-16-13(9-12)4-2-8-19-16/h1-10H,11H2. The Labute approximate surface area is 130 Å². The fraction of sp³-hybridized carbons (Fsp3) is 0.0588. The highest BCUT2D eigenvalue weighted by Gasteiger charge is 2.08. The molecule has 0 atom stereocenters. The van der Waals surface area contributed by atoms with Crippen molar-refractivity contribution >= 4 is 33.1 Å². The van der Waals surface area contributed by atoms with Crippen molar-refractivity contribution in [3.63, 3.8) is 0 Å². The molecule has 1 heterocycles. The number of aldehydes is 1. The lowest BCUT2D eigenvalue weighted by atomic mass is 10.1. The van der Waals surface area contributed by atoms with Crippen LogP contribution in [0, 0.1) is 0 Å². The molecule has 0 saturated heterocycles. The number of carbonyl (C=O) groups excluding carboxylic acids is 1. The first-order chi connectivity index (χ1) is 10.3. The molecule has 1 aromatic heterocycles. The second-order valence-corrected chi connectivity index (χ2v) is 5.45. The zero-order valence-corrected chi connectivity index (χ0v) is 12.7. The molecule has 104 valence electrons. The number of halogens is 1. The van der Waals surface area contributed by atoms with Crippen molar-refractivity contribution in [1.82, 2.24) is 4.98 Å². The Morgan fingerprint density at radius 2 is 2.05 bits per heavy atom. The second kappa shape index (κ2) is 6.06. The van der Waals surface area contributed by atoms with Crippen LogP contribution in [-0.4, -0.2) is 11.3 Å². The Morgan fingerprint density at radius 1 is 1.14 bits per heavy atom. The third kappa shape index (κ3) is 2.95.